The zero-order valence-electron chi connectivity index (χ0n) is 8.70. The van der Waals surface area contributed by atoms with Crippen LogP contribution in [-0.2, 0) is 4.57 Å². The first kappa shape index (κ1) is 11.8. The van der Waals surface area contributed by atoms with E-state index >= 15 is 0 Å². The quantitative estimate of drug-likeness (QED) is 0.576. The van der Waals surface area contributed by atoms with Gasteiger partial charge in [0.05, 0.1) is 0 Å². The number of hydrogen-bond donors (Lipinski definition) is 3. The zero-order chi connectivity index (χ0) is 12.5. The monoisotopic (exact) mass is 251 g/mol. The van der Waals surface area contributed by atoms with Gasteiger partial charge in [0, 0.05) is 6.21 Å². The Balaban J connectivity index is 2.45. The molecule has 2 aromatic rings. The van der Waals surface area contributed by atoms with Gasteiger partial charge in [0.15, 0.2) is 0 Å². The first-order valence-electron chi connectivity index (χ1n) is 4.77. The van der Waals surface area contributed by atoms with Gasteiger partial charge in [0.2, 0.25) is 0 Å². The molecular formula is C11H10NO4P. The molecule has 0 saturated heterocycles. The second kappa shape index (κ2) is 4.30. The van der Waals surface area contributed by atoms with Crippen LogP contribution in [0.4, 0.5) is 0 Å². The maximum Gasteiger partial charge on any atom is 0.524 e. The Hall–Kier alpha value is -1.68. The molecule has 0 heterocycles. The molecule has 2 rings (SSSR count). The fourth-order valence-corrected chi connectivity index (χ4v) is 1.91. The Morgan fingerprint density at radius 1 is 1.12 bits per heavy atom. The summed E-state index contributed by atoms with van der Waals surface area (Å²) in [6.45, 7) is 0. The van der Waals surface area contributed by atoms with Crippen molar-refractivity contribution < 1.29 is 18.9 Å². The number of phosphoric acid groups is 1. The van der Waals surface area contributed by atoms with Crippen molar-refractivity contribution in [3.63, 3.8) is 0 Å². The van der Waals surface area contributed by atoms with Crippen LogP contribution in [-0.4, -0.2) is 16.0 Å². The number of rotatable bonds is 3. The Labute approximate surface area is 97.4 Å². The van der Waals surface area contributed by atoms with Crippen molar-refractivity contribution in [1.29, 1.82) is 5.41 Å². The number of fused-ring (bicyclic) bond motifs is 1. The molecule has 0 spiro atoms. The van der Waals surface area contributed by atoms with Gasteiger partial charge in [-0.05, 0) is 34.5 Å². The molecule has 0 bridgehead atoms. The minimum atomic E-state index is -4.52. The van der Waals surface area contributed by atoms with Gasteiger partial charge in [0.25, 0.3) is 0 Å². The van der Waals surface area contributed by atoms with Gasteiger partial charge in [0.1, 0.15) is 5.75 Å². The summed E-state index contributed by atoms with van der Waals surface area (Å²) in [4.78, 5) is 17.4. The molecule has 0 saturated carbocycles. The third-order valence-electron chi connectivity index (χ3n) is 2.23. The lowest BCUT2D eigenvalue weighted by Gasteiger charge is -2.07. The summed E-state index contributed by atoms with van der Waals surface area (Å²) >= 11 is 0. The van der Waals surface area contributed by atoms with Crippen LogP contribution >= 0.6 is 7.82 Å². The molecule has 0 aromatic heterocycles. The van der Waals surface area contributed by atoms with E-state index in [0.717, 1.165) is 16.3 Å². The van der Waals surface area contributed by atoms with E-state index in [9.17, 15) is 4.57 Å². The standard InChI is InChI=1S/C11H10NO4P/c12-7-8-1-2-10-6-11(16-17(13,14)15)4-3-9(10)5-8/h1-7,12H,(H2,13,14,15). The molecule has 0 radical (unpaired) electrons. The van der Waals surface area contributed by atoms with Crippen LogP contribution in [0.2, 0.25) is 0 Å². The van der Waals surface area contributed by atoms with Crippen molar-refractivity contribution >= 4 is 24.8 Å². The van der Waals surface area contributed by atoms with Crippen molar-refractivity contribution in [3.8, 4) is 5.75 Å². The summed E-state index contributed by atoms with van der Waals surface area (Å²) < 4.78 is 15.2. The molecule has 5 nitrogen and oxygen atoms in total. The highest BCUT2D eigenvalue weighted by molar-refractivity contribution is 7.46. The SMILES string of the molecule is N=Cc1ccc2cc(OP(=O)(O)O)ccc2c1. The van der Waals surface area contributed by atoms with E-state index in [-0.39, 0.29) is 5.75 Å². The smallest absolute Gasteiger partial charge is 0.404 e. The number of hydrogen-bond acceptors (Lipinski definition) is 3. The molecular weight excluding hydrogens is 241 g/mol. The second-order valence-electron chi connectivity index (χ2n) is 3.49. The second-order valence-corrected chi connectivity index (χ2v) is 4.66. The predicted octanol–water partition coefficient (Wildman–Crippen LogP) is 2.31. The third-order valence-corrected chi connectivity index (χ3v) is 2.68. The molecule has 2 aromatic carbocycles. The van der Waals surface area contributed by atoms with E-state index in [0.29, 0.717) is 0 Å². The molecule has 0 atom stereocenters. The molecule has 88 valence electrons. The molecule has 17 heavy (non-hydrogen) atoms. The third kappa shape index (κ3) is 2.91. The van der Waals surface area contributed by atoms with Crippen molar-refractivity contribution in [2.75, 3.05) is 0 Å². The van der Waals surface area contributed by atoms with Gasteiger partial charge in [-0.15, -0.1) is 0 Å². The summed E-state index contributed by atoms with van der Waals surface area (Å²) in [5, 5.41) is 8.80. The summed E-state index contributed by atoms with van der Waals surface area (Å²) in [6, 6.07) is 10.0. The van der Waals surface area contributed by atoms with Gasteiger partial charge in [-0.3, -0.25) is 9.79 Å². The summed E-state index contributed by atoms with van der Waals surface area (Å²) in [5.74, 6) is 0.119. The van der Waals surface area contributed by atoms with Crippen LogP contribution in [0.15, 0.2) is 36.4 Å². The van der Waals surface area contributed by atoms with Crippen molar-refractivity contribution in [3.05, 3.63) is 42.0 Å². The summed E-state index contributed by atoms with van der Waals surface area (Å²) in [5.41, 5.74) is 0.765. The van der Waals surface area contributed by atoms with E-state index in [1.165, 1.54) is 12.3 Å². The molecule has 6 heteroatoms. The Morgan fingerprint density at radius 2 is 1.76 bits per heavy atom. The van der Waals surface area contributed by atoms with Crippen LogP contribution in [0.25, 0.3) is 10.8 Å². The molecule has 0 fully saturated rings. The van der Waals surface area contributed by atoms with Crippen LogP contribution in [0, 0.1) is 5.41 Å². The molecule has 0 aliphatic heterocycles. The Morgan fingerprint density at radius 3 is 2.41 bits per heavy atom. The zero-order valence-corrected chi connectivity index (χ0v) is 9.59. The fourth-order valence-electron chi connectivity index (χ4n) is 1.53. The maximum absolute atomic E-state index is 10.7. The molecule has 0 unspecified atom stereocenters. The summed E-state index contributed by atoms with van der Waals surface area (Å²) in [7, 11) is -4.52. The molecule has 0 aliphatic rings. The van der Waals surface area contributed by atoms with E-state index in [4.69, 9.17) is 15.2 Å². The number of phosphoric ester groups is 1. The Bertz CT molecular complexity index is 620. The van der Waals surface area contributed by atoms with Gasteiger partial charge < -0.3 is 9.93 Å². The first-order chi connectivity index (χ1) is 7.98. The van der Waals surface area contributed by atoms with Crippen LogP contribution in [0.3, 0.4) is 0 Å². The minimum absolute atomic E-state index is 0.119. The first-order valence-corrected chi connectivity index (χ1v) is 6.30. The summed E-state index contributed by atoms with van der Waals surface area (Å²) in [6.07, 6.45) is 1.24. The van der Waals surface area contributed by atoms with Gasteiger partial charge >= 0.3 is 7.82 Å². The van der Waals surface area contributed by atoms with Gasteiger partial charge in [-0.25, -0.2) is 4.57 Å². The fraction of sp³-hybridized carbons (Fsp3) is 0. The number of nitrogens with one attached hydrogen (secondary N) is 1. The highest BCUT2D eigenvalue weighted by Crippen LogP contribution is 2.38. The lowest BCUT2D eigenvalue weighted by molar-refractivity contribution is 0.283. The van der Waals surface area contributed by atoms with Crippen LogP contribution < -0.4 is 4.52 Å². The average Bonchev–Trinajstić information content (AvgIpc) is 2.26. The van der Waals surface area contributed by atoms with Crippen LogP contribution in [0.5, 0.6) is 5.75 Å². The Kier molecular flexibility index (Phi) is 2.98. The highest BCUT2D eigenvalue weighted by Gasteiger charge is 2.15. The predicted molar refractivity (Wildman–Crippen MR) is 64.5 cm³/mol. The minimum Gasteiger partial charge on any atom is -0.404 e. The van der Waals surface area contributed by atoms with Gasteiger partial charge in [-0.1, -0.05) is 18.2 Å². The topological polar surface area (TPSA) is 90.6 Å². The van der Waals surface area contributed by atoms with Crippen molar-refractivity contribution in [2.45, 2.75) is 0 Å². The van der Waals surface area contributed by atoms with Crippen LogP contribution in [0.1, 0.15) is 5.56 Å². The molecule has 0 amide bonds. The van der Waals surface area contributed by atoms with Gasteiger partial charge in [-0.2, -0.15) is 0 Å². The largest absolute Gasteiger partial charge is 0.524 e. The number of benzene rings is 2. The molecule has 3 N–H and O–H groups in total. The van der Waals surface area contributed by atoms with E-state index < -0.39 is 7.82 Å². The van der Waals surface area contributed by atoms with E-state index in [1.807, 2.05) is 6.07 Å². The van der Waals surface area contributed by atoms with E-state index in [2.05, 4.69) is 4.52 Å². The normalized spacial score (nSPS) is 11.4. The average molecular weight is 251 g/mol. The lowest BCUT2D eigenvalue weighted by Crippen LogP contribution is -1.90. The van der Waals surface area contributed by atoms with E-state index in [1.54, 1.807) is 24.3 Å². The van der Waals surface area contributed by atoms with Crippen molar-refractivity contribution in [2.24, 2.45) is 0 Å². The van der Waals surface area contributed by atoms with Crippen molar-refractivity contribution in [1.82, 2.24) is 0 Å². The highest BCUT2D eigenvalue weighted by atomic mass is 31.2. The maximum atomic E-state index is 10.7. The lowest BCUT2D eigenvalue weighted by atomic mass is 10.1. The molecule has 0 aliphatic carbocycles.